The zero-order chi connectivity index (χ0) is 17.0. The van der Waals surface area contributed by atoms with E-state index in [1.807, 2.05) is 13.8 Å². The Morgan fingerprint density at radius 3 is 2.52 bits per heavy atom. The van der Waals surface area contributed by atoms with Crippen LogP contribution in [0.4, 0.5) is 4.39 Å². The summed E-state index contributed by atoms with van der Waals surface area (Å²) in [6, 6.07) is 5.14. The molecule has 0 saturated carbocycles. The fourth-order valence-electron chi connectivity index (χ4n) is 2.63. The smallest absolute Gasteiger partial charge is 0.260 e. The van der Waals surface area contributed by atoms with Crippen molar-refractivity contribution >= 4 is 15.7 Å². The lowest BCUT2D eigenvalue weighted by Gasteiger charge is -2.29. The maximum Gasteiger partial charge on any atom is 0.260 e. The predicted octanol–water partition coefficient (Wildman–Crippen LogP) is 1.88. The van der Waals surface area contributed by atoms with Gasteiger partial charge in [0.05, 0.1) is 11.5 Å². The van der Waals surface area contributed by atoms with Gasteiger partial charge in [-0.1, -0.05) is 13.8 Å². The van der Waals surface area contributed by atoms with E-state index in [9.17, 15) is 17.6 Å². The molecule has 0 radical (unpaired) electrons. The van der Waals surface area contributed by atoms with Gasteiger partial charge in [-0.2, -0.15) is 0 Å². The lowest BCUT2D eigenvalue weighted by atomic mass is 10.1. The van der Waals surface area contributed by atoms with E-state index in [0.717, 1.165) is 0 Å². The number of nitrogens with zero attached hydrogens (tertiary/aromatic N) is 1. The zero-order valence-electron chi connectivity index (χ0n) is 13.4. The van der Waals surface area contributed by atoms with Gasteiger partial charge < -0.3 is 9.64 Å². The molecule has 1 aromatic carbocycles. The van der Waals surface area contributed by atoms with Crippen molar-refractivity contribution in [2.45, 2.75) is 26.3 Å². The average molecular weight is 343 g/mol. The highest BCUT2D eigenvalue weighted by Gasteiger charge is 2.34. The molecule has 128 valence electrons. The van der Waals surface area contributed by atoms with Gasteiger partial charge in [0.1, 0.15) is 11.6 Å². The van der Waals surface area contributed by atoms with Crippen LogP contribution in [0.2, 0.25) is 0 Å². The second kappa shape index (κ2) is 7.29. The van der Waals surface area contributed by atoms with Crippen LogP contribution in [0.1, 0.15) is 20.3 Å². The Labute approximate surface area is 136 Å². The Kier molecular flexibility index (Phi) is 5.62. The first-order valence-corrected chi connectivity index (χ1v) is 9.47. The quantitative estimate of drug-likeness (QED) is 0.791. The molecule has 1 fully saturated rings. The summed E-state index contributed by atoms with van der Waals surface area (Å²) in [7, 11) is -3.06. The van der Waals surface area contributed by atoms with E-state index in [-0.39, 0.29) is 41.8 Å². The molecule has 1 amide bonds. The number of benzene rings is 1. The number of carbonyl (C=O) groups is 1. The fraction of sp³-hybridized carbons (Fsp3) is 0.562. The summed E-state index contributed by atoms with van der Waals surface area (Å²) in [5.74, 6) is 0.156. The van der Waals surface area contributed by atoms with E-state index in [1.54, 1.807) is 4.90 Å². The van der Waals surface area contributed by atoms with Gasteiger partial charge in [0.25, 0.3) is 5.91 Å². The van der Waals surface area contributed by atoms with E-state index in [2.05, 4.69) is 0 Å². The molecule has 7 heteroatoms. The van der Waals surface area contributed by atoms with Crippen LogP contribution in [0.25, 0.3) is 0 Å². The molecule has 0 aromatic heterocycles. The van der Waals surface area contributed by atoms with Crippen LogP contribution in [0.5, 0.6) is 5.75 Å². The standard InChI is InChI=1S/C16H22FNO4S/c1-12(2)9-18(14-7-8-23(20,21)11-14)16(19)10-22-15-5-3-13(17)4-6-15/h3-6,12,14H,7-11H2,1-2H3/t14-/m1/s1. The topological polar surface area (TPSA) is 63.7 Å². The number of carbonyl (C=O) groups excluding carboxylic acids is 1. The van der Waals surface area contributed by atoms with E-state index in [0.29, 0.717) is 18.7 Å². The first-order chi connectivity index (χ1) is 10.8. The molecular weight excluding hydrogens is 321 g/mol. The summed E-state index contributed by atoms with van der Waals surface area (Å²) in [5.41, 5.74) is 0. The first kappa shape index (κ1) is 17.7. The lowest BCUT2D eigenvalue weighted by Crippen LogP contribution is -2.45. The summed E-state index contributed by atoms with van der Waals surface area (Å²) >= 11 is 0. The summed E-state index contributed by atoms with van der Waals surface area (Å²) in [5, 5.41) is 0. The summed E-state index contributed by atoms with van der Waals surface area (Å²) in [6.45, 7) is 4.26. The second-order valence-corrected chi connectivity index (χ2v) is 8.47. The van der Waals surface area contributed by atoms with Crippen molar-refractivity contribution in [2.75, 3.05) is 24.7 Å². The molecule has 23 heavy (non-hydrogen) atoms. The monoisotopic (exact) mass is 343 g/mol. The van der Waals surface area contributed by atoms with Gasteiger partial charge in [-0.15, -0.1) is 0 Å². The third-order valence-corrected chi connectivity index (χ3v) is 5.46. The van der Waals surface area contributed by atoms with E-state index < -0.39 is 9.84 Å². The molecule has 1 aliphatic heterocycles. The van der Waals surface area contributed by atoms with Crippen LogP contribution in [0, 0.1) is 11.7 Å². The van der Waals surface area contributed by atoms with Gasteiger partial charge in [0, 0.05) is 12.6 Å². The molecule has 0 spiro atoms. The maximum atomic E-state index is 12.8. The molecule has 1 atom stereocenters. The minimum absolute atomic E-state index is 0.0159. The number of hydrogen-bond donors (Lipinski definition) is 0. The van der Waals surface area contributed by atoms with Crippen molar-refractivity contribution in [3.8, 4) is 5.75 Å². The highest BCUT2D eigenvalue weighted by Crippen LogP contribution is 2.20. The minimum atomic E-state index is -3.06. The van der Waals surface area contributed by atoms with Gasteiger partial charge in [-0.25, -0.2) is 12.8 Å². The molecule has 0 bridgehead atoms. The Bertz CT molecular complexity index is 643. The van der Waals surface area contributed by atoms with Gasteiger partial charge in [-0.05, 0) is 36.6 Å². The van der Waals surface area contributed by atoms with Gasteiger partial charge >= 0.3 is 0 Å². The number of sulfone groups is 1. The molecular formula is C16H22FNO4S. The highest BCUT2D eigenvalue weighted by molar-refractivity contribution is 7.91. The van der Waals surface area contributed by atoms with Crippen molar-refractivity contribution < 1.29 is 22.3 Å². The van der Waals surface area contributed by atoms with E-state index >= 15 is 0 Å². The van der Waals surface area contributed by atoms with Gasteiger partial charge in [0.2, 0.25) is 0 Å². The second-order valence-electron chi connectivity index (χ2n) is 6.24. The lowest BCUT2D eigenvalue weighted by molar-refractivity contribution is -0.135. The third kappa shape index (κ3) is 5.20. The Hall–Kier alpha value is -1.63. The number of amides is 1. The Balaban J connectivity index is 2.00. The molecule has 1 aliphatic rings. The van der Waals surface area contributed by atoms with Crippen LogP contribution in [0.3, 0.4) is 0 Å². The largest absolute Gasteiger partial charge is 0.484 e. The average Bonchev–Trinajstić information content (AvgIpc) is 2.83. The minimum Gasteiger partial charge on any atom is -0.484 e. The number of halogens is 1. The predicted molar refractivity (Wildman–Crippen MR) is 85.5 cm³/mol. The van der Waals surface area contributed by atoms with Crippen molar-refractivity contribution in [1.82, 2.24) is 4.90 Å². The van der Waals surface area contributed by atoms with Crippen LogP contribution in [-0.4, -0.2) is 49.9 Å². The Morgan fingerprint density at radius 1 is 1.35 bits per heavy atom. The van der Waals surface area contributed by atoms with Crippen LogP contribution in [0.15, 0.2) is 24.3 Å². The van der Waals surface area contributed by atoms with Crippen LogP contribution < -0.4 is 4.74 Å². The summed E-state index contributed by atoms with van der Waals surface area (Å²) in [4.78, 5) is 14.1. The number of rotatable bonds is 6. The highest BCUT2D eigenvalue weighted by atomic mass is 32.2. The Morgan fingerprint density at radius 2 is 2.00 bits per heavy atom. The molecule has 1 heterocycles. The van der Waals surface area contributed by atoms with Crippen molar-refractivity contribution in [3.63, 3.8) is 0 Å². The summed E-state index contributed by atoms with van der Waals surface area (Å²) in [6.07, 6.45) is 0.470. The maximum absolute atomic E-state index is 12.8. The van der Waals surface area contributed by atoms with E-state index in [1.165, 1.54) is 24.3 Å². The number of ether oxygens (including phenoxy) is 1. The molecule has 1 saturated heterocycles. The molecule has 0 aliphatic carbocycles. The molecule has 0 N–H and O–H groups in total. The number of hydrogen-bond acceptors (Lipinski definition) is 4. The van der Waals surface area contributed by atoms with Crippen molar-refractivity contribution in [1.29, 1.82) is 0 Å². The van der Waals surface area contributed by atoms with Crippen molar-refractivity contribution in [2.24, 2.45) is 5.92 Å². The zero-order valence-corrected chi connectivity index (χ0v) is 14.2. The fourth-order valence-corrected chi connectivity index (χ4v) is 4.36. The van der Waals surface area contributed by atoms with Crippen molar-refractivity contribution in [3.05, 3.63) is 30.1 Å². The molecule has 2 rings (SSSR count). The van der Waals surface area contributed by atoms with Gasteiger partial charge in [-0.3, -0.25) is 4.79 Å². The van der Waals surface area contributed by atoms with E-state index in [4.69, 9.17) is 4.74 Å². The SMILES string of the molecule is CC(C)CN(C(=O)COc1ccc(F)cc1)[C@@H]1CCS(=O)(=O)C1. The third-order valence-electron chi connectivity index (χ3n) is 3.71. The first-order valence-electron chi connectivity index (χ1n) is 7.65. The molecule has 1 aromatic rings. The van der Waals surface area contributed by atoms with Crippen LogP contribution >= 0.6 is 0 Å². The van der Waals surface area contributed by atoms with Crippen LogP contribution in [-0.2, 0) is 14.6 Å². The normalized spacial score (nSPS) is 19.7. The van der Waals surface area contributed by atoms with Gasteiger partial charge in [0.15, 0.2) is 16.4 Å². The summed E-state index contributed by atoms with van der Waals surface area (Å²) < 4.78 is 41.6. The molecule has 0 unspecified atom stereocenters. The molecule has 5 nitrogen and oxygen atoms in total.